The molecule has 1 N–H and O–H groups in total. The Balaban J connectivity index is 3.04. The second kappa shape index (κ2) is 7.14. The van der Waals surface area contributed by atoms with Crippen LogP contribution >= 0.6 is 11.6 Å². The van der Waals surface area contributed by atoms with Crippen molar-refractivity contribution in [3.05, 3.63) is 23.8 Å². The number of amides is 1. The van der Waals surface area contributed by atoms with Crippen LogP contribution < -0.4 is 10.1 Å². The molecule has 5 heteroatoms. The van der Waals surface area contributed by atoms with E-state index < -0.39 is 0 Å². The Morgan fingerprint density at radius 1 is 1.37 bits per heavy atom. The zero-order valence-electron chi connectivity index (χ0n) is 11.3. The summed E-state index contributed by atoms with van der Waals surface area (Å²) in [5.41, 5.74) is 1.03. The molecule has 0 saturated carbocycles. The molecule has 0 radical (unpaired) electrons. The van der Waals surface area contributed by atoms with E-state index in [9.17, 15) is 9.59 Å². The smallest absolute Gasteiger partial charge is 0.227 e. The largest absolute Gasteiger partial charge is 0.492 e. The van der Waals surface area contributed by atoms with Crippen LogP contribution in [-0.2, 0) is 4.79 Å². The maximum absolute atomic E-state index is 11.7. The molecule has 19 heavy (non-hydrogen) atoms. The van der Waals surface area contributed by atoms with Crippen LogP contribution in [0.1, 0.15) is 31.1 Å². The van der Waals surface area contributed by atoms with Crippen LogP contribution in [0.4, 0.5) is 5.69 Å². The molecular weight excluding hydrogens is 266 g/mol. The molecule has 0 unspecified atom stereocenters. The van der Waals surface area contributed by atoms with Crippen LogP contribution in [0.2, 0.25) is 0 Å². The molecule has 104 valence electrons. The van der Waals surface area contributed by atoms with E-state index in [0.29, 0.717) is 23.6 Å². The summed E-state index contributed by atoms with van der Waals surface area (Å²) in [5.74, 6) is -0.00341. The van der Waals surface area contributed by atoms with Gasteiger partial charge >= 0.3 is 0 Å². The van der Waals surface area contributed by atoms with Crippen molar-refractivity contribution in [2.75, 3.05) is 17.8 Å². The second-order valence-corrected chi connectivity index (χ2v) is 4.61. The number of ketones is 1. The highest BCUT2D eigenvalue weighted by Crippen LogP contribution is 2.27. The number of halogens is 1. The van der Waals surface area contributed by atoms with E-state index in [2.05, 4.69) is 5.32 Å². The summed E-state index contributed by atoms with van der Waals surface area (Å²) in [7, 11) is 0. The van der Waals surface area contributed by atoms with Gasteiger partial charge in [-0.2, -0.15) is 0 Å². The Labute approximate surface area is 118 Å². The van der Waals surface area contributed by atoms with Crippen molar-refractivity contribution < 1.29 is 14.3 Å². The molecule has 0 atom stereocenters. The molecule has 0 saturated heterocycles. The molecule has 0 fully saturated rings. The van der Waals surface area contributed by atoms with Crippen molar-refractivity contribution in [1.29, 1.82) is 0 Å². The predicted octanol–water partition coefficient (Wildman–Crippen LogP) is 3.10. The Kier molecular flexibility index (Phi) is 5.83. The highest BCUT2D eigenvalue weighted by atomic mass is 35.5. The topological polar surface area (TPSA) is 55.4 Å². The van der Waals surface area contributed by atoms with Crippen molar-refractivity contribution in [3.63, 3.8) is 0 Å². The summed E-state index contributed by atoms with van der Waals surface area (Å²) in [5, 5.41) is 2.77. The van der Waals surface area contributed by atoms with Gasteiger partial charge in [-0.15, -0.1) is 11.6 Å². The normalized spacial score (nSPS) is 10.4. The molecule has 1 aromatic carbocycles. The van der Waals surface area contributed by atoms with Gasteiger partial charge in [0.1, 0.15) is 5.75 Å². The van der Waals surface area contributed by atoms with Crippen molar-refractivity contribution in [3.8, 4) is 5.75 Å². The average molecular weight is 284 g/mol. The molecule has 0 aromatic heterocycles. The third-order valence-corrected chi connectivity index (χ3v) is 2.75. The second-order valence-electron chi connectivity index (χ2n) is 4.34. The first-order chi connectivity index (χ1) is 8.99. The Hall–Kier alpha value is -1.55. The monoisotopic (exact) mass is 283 g/mol. The molecule has 0 spiro atoms. The lowest BCUT2D eigenvalue weighted by Gasteiger charge is -2.14. The third kappa shape index (κ3) is 4.24. The SMILES string of the molecule is CCOc1cc(C(=O)CCl)ccc1NC(=O)C(C)C. The lowest BCUT2D eigenvalue weighted by atomic mass is 10.1. The van der Waals surface area contributed by atoms with Gasteiger partial charge in [0.15, 0.2) is 5.78 Å². The Bertz CT molecular complexity index is 472. The molecular formula is C14H18ClNO3. The summed E-state index contributed by atoms with van der Waals surface area (Å²) in [6.07, 6.45) is 0. The first-order valence-corrected chi connectivity index (χ1v) is 6.69. The van der Waals surface area contributed by atoms with Gasteiger partial charge in [0, 0.05) is 11.5 Å². The summed E-state index contributed by atoms with van der Waals surface area (Å²) in [6, 6.07) is 4.89. The van der Waals surface area contributed by atoms with Gasteiger partial charge in [0.25, 0.3) is 0 Å². The number of Topliss-reactive ketones (excluding diaryl/α,β-unsaturated/α-hetero) is 1. The number of rotatable bonds is 6. The van der Waals surface area contributed by atoms with Crippen LogP contribution in [0.25, 0.3) is 0 Å². The van der Waals surface area contributed by atoms with Crippen LogP contribution in [0, 0.1) is 5.92 Å². The number of carbonyl (C=O) groups excluding carboxylic acids is 2. The molecule has 1 aromatic rings. The average Bonchev–Trinajstić information content (AvgIpc) is 2.39. The van der Waals surface area contributed by atoms with E-state index in [1.165, 1.54) is 0 Å². The number of benzene rings is 1. The van der Waals surface area contributed by atoms with E-state index in [4.69, 9.17) is 16.3 Å². The minimum Gasteiger partial charge on any atom is -0.492 e. The summed E-state index contributed by atoms with van der Waals surface area (Å²) >= 11 is 5.52. The van der Waals surface area contributed by atoms with E-state index >= 15 is 0 Å². The number of alkyl halides is 1. The molecule has 1 rings (SSSR count). The molecule has 0 aliphatic carbocycles. The standard InChI is InChI=1S/C14H18ClNO3/c1-4-19-13-7-10(12(17)8-15)5-6-11(13)16-14(18)9(2)3/h5-7,9H,4,8H2,1-3H3,(H,16,18). The van der Waals surface area contributed by atoms with Gasteiger partial charge in [-0.25, -0.2) is 0 Å². The highest BCUT2D eigenvalue weighted by Gasteiger charge is 2.13. The molecule has 0 aliphatic heterocycles. The minimum absolute atomic E-state index is 0.0801. The predicted molar refractivity (Wildman–Crippen MR) is 76.1 cm³/mol. The number of ether oxygens (including phenoxy) is 1. The fourth-order valence-electron chi connectivity index (χ4n) is 1.43. The fraction of sp³-hybridized carbons (Fsp3) is 0.429. The highest BCUT2D eigenvalue weighted by molar-refractivity contribution is 6.30. The number of hydrogen-bond acceptors (Lipinski definition) is 3. The van der Waals surface area contributed by atoms with Crippen LogP contribution in [-0.4, -0.2) is 24.2 Å². The maximum atomic E-state index is 11.7. The lowest BCUT2D eigenvalue weighted by molar-refractivity contribution is -0.118. The van der Waals surface area contributed by atoms with E-state index in [-0.39, 0.29) is 23.5 Å². The van der Waals surface area contributed by atoms with E-state index in [1.54, 1.807) is 32.0 Å². The van der Waals surface area contributed by atoms with Gasteiger partial charge in [0.2, 0.25) is 5.91 Å². The third-order valence-electron chi connectivity index (χ3n) is 2.51. The van der Waals surface area contributed by atoms with Gasteiger partial charge in [-0.3, -0.25) is 9.59 Å². The number of carbonyl (C=O) groups is 2. The molecule has 0 aliphatic rings. The summed E-state index contributed by atoms with van der Waals surface area (Å²) < 4.78 is 5.44. The first kappa shape index (κ1) is 15.5. The van der Waals surface area contributed by atoms with Gasteiger partial charge < -0.3 is 10.1 Å². The maximum Gasteiger partial charge on any atom is 0.227 e. The van der Waals surface area contributed by atoms with Crippen molar-refractivity contribution in [2.24, 2.45) is 5.92 Å². The van der Waals surface area contributed by atoms with Gasteiger partial charge in [-0.05, 0) is 25.1 Å². The van der Waals surface area contributed by atoms with E-state index in [1.807, 2.05) is 6.92 Å². The number of anilines is 1. The molecule has 4 nitrogen and oxygen atoms in total. The Morgan fingerprint density at radius 3 is 2.58 bits per heavy atom. The molecule has 1 amide bonds. The zero-order valence-corrected chi connectivity index (χ0v) is 12.1. The van der Waals surface area contributed by atoms with E-state index in [0.717, 1.165) is 0 Å². The summed E-state index contributed by atoms with van der Waals surface area (Å²) in [6.45, 7) is 5.90. The quantitative estimate of drug-likeness (QED) is 0.645. The first-order valence-electron chi connectivity index (χ1n) is 6.16. The van der Waals surface area contributed by atoms with Crippen molar-refractivity contribution in [1.82, 2.24) is 0 Å². The number of hydrogen-bond donors (Lipinski definition) is 1. The van der Waals surface area contributed by atoms with Crippen LogP contribution in [0.15, 0.2) is 18.2 Å². The lowest BCUT2D eigenvalue weighted by Crippen LogP contribution is -2.18. The summed E-state index contributed by atoms with van der Waals surface area (Å²) in [4.78, 5) is 23.2. The van der Waals surface area contributed by atoms with Crippen LogP contribution in [0.5, 0.6) is 5.75 Å². The molecule has 0 heterocycles. The van der Waals surface area contributed by atoms with Gasteiger partial charge in [-0.1, -0.05) is 13.8 Å². The van der Waals surface area contributed by atoms with Crippen LogP contribution in [0.3, 0.4) is 0 Å². The van der Waals surface area contributed by atoms with Crippen molar-refractivity contribution in [2.45, 2.75) is 20.8 Å². The zero-order chi connectivity index (χ0) is 14.4. The van der Waals surface area contributed by atoms with Crippen molar-refractivity contribution >= 4 is 29.0 Å². The van der Waals surface area contributed by atoms with Gasteiger partial charge in [0.05, 0.1) is 18.2 Å². The minimum atomic E-state index is -0.177. The fourth-order valence-corrected chi connectivity index (χ4v) is 1.58. The Morgan fingerprint density at radius 2 is 2.05 bits per heavy atom. The molecule has 0 bridgehead atoms. The number of nitrogens with one attached hydrogen (secondary N) is 1.